The zero-order valence-electron chi connectivity index (χ0n) is 9.67. The fourth-order valence-electron chi connectivity index (χ4n) is 1.68. The molecule has 3 nitrogen and oxygen atoms in total. The molecule has 0 bridgehead atoms. The van der Waals surface area contributed by atoms with E-state index in [-0.39, 0.29) is 5.82 Å². The highest BCUT2D eigenvalue weighted by Crippen LogP contribution is 2.24. The minimum atomic E-state index is -0.237. The number of hydrogen-bond acceptors (Lipinski definition) is 2. The Morgan fingerprint density at radius 1 is 1.41 bits per heavy atom. The van der Waals surface area contributed by atoms with E-state index >= 15 is 0 Å². The minimum absolute atomic E-state index is 0.237. The van der Waals surface area contributed by atoms with Crippen molar-refractivity contribution in [3.63, 3.8) is 0 Å². The lowest BCUT2D eigenvalue weighted by Crippen LogP contribution is -2.07. The second kappa shape index (κ2) is 4.49. The van der Waals surface area contributed by atoms with Gasteiger partial charge in [-0.3, -0.25) is 0 Å². The highest BCUT2D eigenvalue weighted by Gasteiger charge is 2.11. The first-order valence-electron chi connectivity index (χ1n) is 5.22. The Kier molecular flexibility index (Phi) is 3.19. The standard InChI is InChI=1S/C12H13BrFN3/c1-7-3-4-10(14)9(5-7)6-17-12(15)11(13)8(2)16-17/h3-5H,6,15H2,1-2H3. The van der Waals surface area contributed by atoms with Gasteiger partial charge in [-0.15, -0.1) is 0 Å². The third-order valence-corrected chi connectivity index (χ3v) is 3.59. The molecule has 0 aliphatic heterocycles. The van der Waals surface area contributed by atoms with Crippen LogP contribution in [0.15, 0.2) is 22.7 Å². The van der Waals surface area contributed by atoms with Crippen molar-refractivity contribution in [3.8, 4) is 0 Å². The Balaban J connectivity index is 2.37. The van der Waals surface area contributed by atoms with E-state index in [2.05, 4.69) is 21.0 Å². The van der Waals surface area contributed by atoms with E-state index in [4.69, 9.17) is 5.73 Å². The number of nitrogens with zero attached hydrogens (tertiary/aromatic N) is 2. The summed E-state index contributed by atoms with van der Waals surface area (Å²) < 4.78 is 16.0. The van der Waals surface area contributed by atoms with Crippen LogP contribution in [0.3, 0.4) is 0 Å². The minimum Gasteiger partial charge on any atom is -0.383 e. The van der Waals surface area contributed by atoms with E-state index in [1.807, 2.05) is 13.8 Å². The van der Waals surface area contributed by atoms with Gasteiger partial charge in [0.1, 0.15) is 11.6 Å². The van der Waals surface area contributed by atoms with Crippen molar-refractivity contribution in [1.82, 2.24) is 9.78 Å². The van der Waals surface area contributed by atoms with Gasteiger partial charge in [-0.25, -0.2) is 9.07 Å². The number of nitrogen functional groups attached to an aromatic ring is 1. The molecule has 2 aromatic rings. The molecule has 1 aromatic carbocycles. The van der Waals surface area contributed by atoms with Gasteiger partial charge in [-0.05, 0) is 35.8 Å². The van der Waals surface area contributed by atoms with Crippen LogP contribution in [-0.2, 0) is 6.54 Å². The van der Waals surface area contributed by atoms with Crippen LogP contribution in [0.2, 0.25) is 0 Å². The number of aryl methyl sites for hydroxylation is 2. The Hall–Kier alpha value is -1.36. The summed E-state index contributed by atoms with van der Waals surface area (Å²) in [5.74, 6) is 0.280. The molecule has 0 spiro atoms. The van der Waals surface area contributed by atoms with Crippen LogP contribution in [0.1, 0.15) is 16.8 Å². The molecular weight excluding hydrogens is 285 g/mol. The molecular formula is C12H13BrFN3. The van der Waals surface area contributed by atoms with Gasteiger partial charge in [0.15, 0.2) is 0 Å². The second-order valence-corrected chi connectivity index (χ2v) is 4.83. The predicted molar refractivity (Wildman–Crippen MR) is 69.3 cm³/mol. The summed E-state index contributed by atoms with van der Waals surface area (Å²) in [4.78, 5) is 0. The molecule has 2 rings (SSSR count). The van der Waals surface area contributed by atoms with Crippen LogP contribution >= 0.6 is 15.9 Å². The number of rotatable bonds is 2. The molecule has 0 saturated heterocycles. The summed E-state index contributed by atoms with van der Waals surface area (Å²) in [5, 5.41) is 4.25. The first-order chi connectivity index (χ1) is 7.99. The molecule has 0 amide bonds. The van der Waals surface area contributed by atoms with Crippen LogP contribution in [-0.4, -0.2) is 9.78 Å². The van der Waals surface area contributed by atoms with Crippen molar-refractivity contribution >= 4 is 21.7 Å². The van der Waals surface area contributed by atoms with Crippen LogP contribution in [0.25, 0.3) is 0 Å². The predicted octanol–water partition coefficient (Wildman–Crippen LogP) is 3.03. The molecule has 0 fully saturated rings. The molecule has 5 heteroatoms. The molecule has 17 heavy (non-hydrogen) atoms. The molecule has 0 aliphatic rings. The van der Waals surface area contributed by atoms with E-state index < -0.39 is 0 Å². The molecule has 1 aromatic heterocycles. The Bertz CT molecular complexity index is 563. The van der Waals surface area contributed by atoms with Crippen molar-refractivity contribution in [3.05, 3.63) is 45.3 Å². The third-order valence-electron chi connectivity index (χ3n) is 2.61. The van der Waals surface area contributed by atoms with Crippen molar-refractivity contribution in [2.45, 2.75) is 20.4 Å². The quantitative estimate of drug-likeness (QED) is 0.926. The first-order valence-corrected chi connectivity index (χ1v) is 6.01. The van der Waals surface area contributed by atoms with E-state index in [1.54, 1.807) is 16.8 Å². The van der Waals surface area contributed by atoms with Crippen molar-refractivity contribution in [2.24, 2.45) is 0 Å². The van der Waals surface area contributed by atoms with Crippen molar-refractivity contribution in [2.75, 3.05) is 5.73 Å². The molecule has 0 unspecified atom stereocenters. The van der Waals surface area contributed by atoms with E-state index in [1.165, 1.54) is 6.07 Å². The second-order valence-electron chi connectivity index (χ2n) is 4.04. The van der Waals surface area contributed by atoms with Gasteiger partial charge >= 0.3 is 0 Å². The van der Waals surface area contributed by atoms with Crippen LogP contribution in [0.5, 0.6) is 0 Å². The fourth-order valence-corrected chi connectivity index (χ4v) is 1.97. The summed E-state index contributed by atoms with van der Waals surface area (Å²) >= 11 is 3.34. The molecule has 0 saturated carbocycles. The molecule has 0 atom stereocenters. The Morgan fingerprint density at radius 3 is 2.71 bits per heavy atom. The average Bonchev–Trinajstić information content (AvgIpc) is 2.52. The van der Waals surface area contributed by atoms with E-state index in [0.29, 0.717) is 17.9 Å². The molecule has 2 N–H and O–H groups in total. The van der Waals surface area contributed by atoms with Gasteiger partial charge in [0.05, 0.1) is 16.7 Å². The Morgan fingerprint density at radius 2 is 2.12 bits per heavy atom. The number of halogens is 2. The lowest BCUT2D eigenvalue weighted by Gasteiger charge is -2.06. The molecule has 0 radical (unpaired) electrons. The topological polar surface area (TPSA) is 43.8 Å². The molecule has 0 aliphatic carbocycles. The van der Waals surface area contributed by atoms with Crippen molar-refractivity contribution in [1.29, 1.82) is 0 Å². The van der Waals surface area contributed by atoms with E-state index in [0.717, 1.165) is 15.7 Å². The largest absolute Gasteiger partial charge is 0.383 e. The smallest absolute Gasteiger partial charge is 0.136 e. The van der Waals surface area contributed by atoms with Crippen LogP contribution < -0.4 is 5.73 Å². The van der Waals surface area contributed by atoms with Crippen molar-refractivity contribution < 1.29 is 4.39 Å². The number of nitrogens with two attached hydrogens (primary N) is 1. The number of anilines is 1. The zero-order chi connectivity index (χ0) is 12.6. The lowest BCUT2D eigenvalue weighted by atomic mass is 10.1. The van der Waals surface area contributed by atoms with E-state index in [9.17, 15) is 4.39 Å². The van der Waals surface area contributed by atoms with Crippen LogP contribution in [0, 0.1) is 19.7 Å². The molecule has 1 heterocycles. The monoisotopic (exact) mass is 297 g/mol. The van der Waals surface area contributed by atoms with Crippen LogP contribution in [0.4, 0.5) is 10.2 Å². The highest BCUT2D eigenvalue weighted by molar-refractivity contribution is 9.10. The van der Waals surface area contributed by atoms with Gasteiger partial charge in [-0.2, -0.15) is 5.10 Å². The maximum Gasteiger partial charge on any atom is 0.136 e. The number of benzene rings is 1. The number of hydrogen-bond donors (Lipinski definition) is 1. The summed E-state index contributed by atoms with van der Waals surface area (Å²) in [5.41, 5.74) is 8.28. The van der Waals surface area contributed by atoms with Gasteiger partial charge < -0.3 is 5.73 Å². The zero-order valence-corrected chi connectivity index (χ0v) is 11.3. The number of aromatic nitrogens is 2. The van der Waals surface area contributed by atoms with Gasteiger partial charge in [-0.1, -0.05) is 17.7 Å². The lowest BCUT2D eigenvalue weighted by molar-refractivity contribution is 0.586. The third kappa shape index (κ3) is 2.34. The summed E-state index contributed by atoms with van der Waals surface area (Å²) in [6.45, 7) is 4.12. The Labute approximate surface area is 108 Å². The summed E-state index contributed by atoms with van der Waals surface area (Å²) in [6.07, 6.45) is 0. The SMILES string of the molecule is Cc1ccc(F)c(Cn2nc(C)c(Br)c2N)c1. The average molecular weight is 298 g/mol. The first kappa shape index (κ1) is 12.1. The van der Waals surface area contributed by atoms with Gasteiger partial charge in [0.25, 0.3) is 0 Å². The fraction of sp³-hybridized carbons (Fsp3) is 0.250. The normalized spacial score (nSPS) is 10.8. The maximum atomic E-state index is 13.6. The summed E-state index contributed by atoms with van der Waals surface area (Å²) in [6, 6.07) is 5.01. The summed E-state index contributed by atoms with van der Waals surface area (Å²) in [7, 11) is 0. The molecule has 90 valence electrons. The maximum absolute atomic E-state index is 13.6. The van der Waals surface area contributed by atoms with Gasteiger partial charge in [0.2, 0.25) is 0 Å². The highest BCUT2D eigenvalue weighted by atomic mass is 79.9. The van der Waals surface area contributed by atoms with Gasteiger partial charge in [0, 0.05) is 5.56 Å².